The molecule has 0 aliphatic heterocycles. The van der Waals surface area contributed by atoms with E-state index in [0.29, 0.717) is 0 Å². The van der Waals surface area contributed by atoms with Gasteiger partial charge in [-0.15, -0.1) is 11.3 Å². The van der Waals surface area contributed by atoms with Crippen LogP contribution in [0.25, 0.3) is 0 Å². The molecule has 1 aromatic heterocycles. The Labute approximate surface area is 124 Å². The van der Waals surface area contributed by atoms with Crippen LogP contribution in [0.3, 0.4) is 0 Å². The molecule has 0 saturated heterocycles. The van der Waals surface area contributed by atoms with Gasteiger partial charge in [0.15, 0.2) is 6.04 Å². The second-order valence-corrected chi connectivity index (χ2v) is 5.96. The molecule has 0 bridgehead atoms. The van der Waals surface area contributed by atoms with E-state index in [2.05, 4.69) is 5.32 Å². The van der Waals surface area contributed by atoms with E-state index in [-0.39, 0.29) is 10.4 Å². The summed E-state index contributed by atoms with van der Waals surface area (Å²) in [5, 5.41) is 2.08. The van der Waals surface area contributed by atoms with Crippen molar-refractivity contribution < 1.29 is 18.0 Å². The number of rotatable bonds is 3. The van der Waals surface area contributed by atoms with Crippen LogP contribution in [0.4, 0.5) is 13.2 Å². The number of hydrogen-bond acceptors (Lipinski definition) is 2. The van der Waals surface area contributed by atoms with Crippen molar-refractivity contribution in [2.75, 3.05) is 0 Å². The summed E-state index contributed by atoms with van der Waals surface area (Å²) < 4.78 is 39.5. The van der Waals surface area contributed by atoms with Gasteiger partial charge >= 0.3 is 6.18 Å². The number of carbonyl (C=O) groups excluding carboxylic acids is 1. The maximum atomic E-state index is 13.2. The van der Waals surface area contributed by atoms with Crippen LogP contribution >= 0.6 is 11.3 Å². The minimum Gasteiger partial charge on any atom is -0.336 e. The number of aryl methyl sites for hydroxylation is 2. The molecule has 6 heteroatoms. The molecule has 1 atom stereocenters. The van der Waals surface area contributed by atoms with Gasteiger partial charge in [0.1, 0.15) is 0 Å². The van der Waals surface area contributed by atoms with Crippen LogP contribution in [0.2, 0.25) is 0 Å². The predicted molar refractivity (Wildman–Crippen MR) is 76.5 cm³/mol. The molecule has 1 amide bonds. The largest absolute Gasteiger partial charge is 0.412 e. The van der Waals surface area contributed by atoms with E-state index in [0.717, 1.165) is 10.4 Å². The second-order valence-electron chi connectivity index (χ2n) is 4.71. The summed E-state index contributed by atoms with van der Waals surface area (Å²) in [6.07, 6.45) is -4.54. The van der Waals surface area contributed by atoms with E-state index in [4.69, 9.17) is 0 Å². The Bertz CT molecular complexity index is 615. The van der Waals surface area contributed by atoms with E-state index in [1.165, 1.54) is 35.6 Å². The van der Waals surface area contributed by atoms with Crippen molar-refractivity contribution in [3.63, 3.8) is 0 Å². The number of halogens is 3. The molecule has 21 heavy (non-hydrogen) atoms. The van der Waals surface area contributed by atoms with Crippen molar-refractivity contribution in [1.29, 1.82) is 0 Å². The summed E-state index contributed by atoms with van der Waals surface area (Å²) in [7, 11) is 0. The first-order chi connectivity index (χ1) is 9.79. The van der Waals surface area contributed by atoms with Gasteiger partial charge in [0, 0.05) is 4.88 Å². The third-order valence-corrected chi connectivity index (χ3v) is 4.28. The van der Waals surface area contributed by atoms with E-state index in [9.17, 15) is 18.0 Å². The van der Waals surface area contributed by atoms with E-state index in [1.54, 1.807) is 12.1 Å². The zero-order valence-electron chi connectivity index (χ0n) is 11.5. The van der Waals surface area contributed by atoms with Crippen molar-refractivity contribution >= 4 is 17.2 Å². The van der Waals surface area contributed by atoms with Crippen LogP contribution in [0.5, 0.6) is 0 Å². The fourth-order valence-electron chi connectivity index (χ4n) is 1.89. The quantitative estimate of drug-likeness (QED) is 0.894. The van der Waals surface area contributed by atoms with Crippen LogP contribution < -0.4 is 5.32 Å². The number of nitrogens with one attached hydrogen (secondary N) is 1. The lowest BCUT2D eigenvalue weighted by Crippen LogP contribution is -2.37. The first-order valence-corrected chi connectivity index (χ1v) is 7.10. The molecule has 112 valence electrons. The Kier molecular flexibility index (Phi) is 4.37. The van der Waals surface area contributed by atoms with Gasteiger partial charge in [-0.25, -0.2) is 0 Å². The Morgan fingerprint density at radius 2 is 1.81 bits per heavy atom. The Balaban J connectivity index is 2.26. The summed E-state index contributed by atoms with van der Waals surface area (Å²) >= 11 is 1.19. The van der Waals surface area contributed by atoms with Crippen LogP contribution in [-0.4, -0.2) is 12.1 Å². The maximum Gasteiger partial charge on any atom is 0.412 e. The van der Waals surface area contributed by atoms with Crippen LogP contribution in [0.1, 0.15) is 31.7 Å². The second kappa shape index (κ2) is 5.89. The third-order valence-electron chi connectivity index (χ3n) is 3.13. The van der Waals surface area contributed by atoms with Gasteiger partial charge < -0.3 is 5.32 Å². The molecule has 2 rings (SSSR count). The molecular weight excluding hydrogens is 299 g/mol. The minimum absolute atomic E-state index is 0.0170. The number of thiophene rings is 1. The first kappa shape index (κ1) is 15.6. The van der Waals surface area contributed by atoms with Gasteiger partial charge in [0.05, 0.1) is 4.88 Å². The molecule has 1 N–H and O–H groups in total. The molecule has 0 aliphatic rings. The summed E-state index contributed by atoms with van der Waals surface area (Å²) in [6.45, 7) is 3.65. The fourth-order valence-corrected chi connectivity index (χ4v) is 2.82. The van der Waals surface area contributed by atoms with Crippen molar-refractivity contribution in [2.24, 2.45) is 0 Å². The number of alkyl halides is 3. The molecule has 0 saturated carbocycles. The number of benzene rings is 1. The van der Waals surface area contributed by atoms with Gasteiger partial charge in [-0.1, -0.05) is 30.3 Å². The van der Waals surface area contributed by atoms with Crippen molar-refractivity contribution in [1.82, 2.24) is 5.32 Å². The fraction of sp³-hybridized carbons (Fsp3) is 0.267. The number of amides is 1. The molecular formula is C15H14F3NOS. The molecule has 0 spiro atoms. The third kappa shape index (κ3) is 3.64. The van der Waals surface area contributed by atoms with Gasteiger partial charge in [0.2, 0.25) is 0 Å². The Hall–Kier alpha value is -1.82. The zero-order valence-corrected chi connectivity index (χ0v) is 12.3. The Morgan fingerprint density at radius 1 is 1.19 bits per heavy atom. The van der Waals surface area contributed by atoms with E-state index in [1.807, 2.05) is 13.8 Å². The topological polar surface area (TPSA) is 29.1 Å². The molecule has 0 radical (unpaired) electrons. The molecule has 2 aromatic rings. The average molecular weight is 313 g/mol. The zero-order chi connectivity index (χ0) is 15.6. The van der Waals surface area contributed by atoms with E-state index >= 15 is 0 Å². The maximum absolute atomic E-state index is 13.2. The summed E-state index contributed by atoms with van der Waals surface area (Å²) in [6, 6.07) is 6.96. The van der Waals surface area contributed by atoms with Crippen molar-refractivity contribution in [3.8, 4) is 0 Å². The van der Waals surface area contributed by atoms with Crippen LogP contribution in [0.15, 0.2) is 36.4 Å². The highest BCUT2D eigenvalue weighted by atomic mass is 32.1. The summed E-state index contributed by atoms with van der Waals surface area (Å²) in [5.41, 5.74) is 0.914. The molecule has 0 unspecified atom stereocenters. The van der Waals surface area contributed by atoms with Gasteiger partial charge in [-0.05, 0) is 31.0 Å². The molecule has 0 fully saturated rings. The molecule has 1 heterocycles. The molecule has 0 aliphatic carbocycles. The highest BCUT2D eigenvalue weighted by Gasteiger charge is 2.42. The summed E-state index contributed by atoms with van der Waals surface area (Å²) in [5.74, 6) is -0.706. The van der Waals surface area contributed by atoms with Gasteiger partial charge in [-0.2, -0.15) is 13.2 Å². The van der Waals surface area contributed by atoms with Crippen molar-refractivity contribution in [3.05, 3.63) is 57.3 Å². The highest BCUT2D eigenvalue weighted by molar-refractivity contribution is 7.14. The highest BCUT2D eigenvalue weighted by Crippen LogP contribution is 2.33. The SMILES string of the molecule is Cc1cc(C(=O)N[C@H](c2ccccc2)C(F)(F)F)sc1C. The smallest absolute Gasteiger partial charge is 0.336 e. The Morgan fingerprint density at radius 3 is 2.29 bits per heavy atom. The van der Waals surface area contributed by atoms with E-state index < -0.39 is 18.1 Å². The number of hydrogen-bond donors (Lipinski definition) is 1. The lowest BCUT2D eigenvalue weighted by Gasteiger charge is -2.21. The monoisotopic (exact) mass is 313 g/mol. The average Bonchev–Trinajstić information content (AvgIpc) is 2.75. The van der Waals surface area contributed by atoms with Crippen LogP contribution in [-0.2, 0) is 0 Å². The number of carbonyl (C=O) groups is 1. The van der Waals surface area contributed by atoms with Crippen LogP contribution in [0, 0.1) is 13.8 Å². The van der Waals surface area contributed by atoms with Gasteiger partial charge in [0.25, 0.3) is 5.91 Å². The minimum atomic E-state index is -4.54. The lowest BCUT2D eigenvalue weighted by molar-refractivity contribution is -0.155. The molecule has 2 nitrogen and oxygen atoms in total. The standard InChI is InChI=1S/C15H14F3NOS/c1-9-8-12(21-10(9)2)14(20)19-13(15(16,17)18)11-6-4-3-5-7-11/h3-8,13H,1-2H3,(H,19,20)/t13-/m1/s1. The first-order valence-electron chi connectivity index (χ1n) is 6.28. The molecule has 1 aromatic carbocycles. The summed E-state index contributed by atoms with van der Waals surface area (Å²) in [4.78, 5) is 13.2. The van der Waals surface area contributed by atoms with Crippen molar-refractivity contribution in [2.45, 2.75) is 26.1 Å². The lowest BCUT2D eigenvalue weighted by atomic mass is 10.1. The normalized spacial score (nSPS) is 13.0. The predicted octanol–water partition coefficient (Wildman–Crippen LogP) is 4.40. The van der Waals surface area contributed by atoms with Gasteiger partial charge in [-0.3, -0.25) is 4.79 Å².